The van der Waals surface area contributed by atoms with Crippen LogP contribution in [0.5, 0.6) is 0 Å². The second-order valence-corrected chi connectivity index (χ2v) is 6.69. The fraction of sp³-hybridized carbons (Fsp3) is 0.286. The van der Waals surface area contributed by atoms with E-state index in [1.807, 2.05) is 18.2 Å². The van der Waals surface area contributed by atoms with Crippen LogP contribution in [0.3, 0.4) is 0 Å². The first-order valence-corrected chi connectivity index (χ1v) is 9.05. The van der Waals surface area contributed by atoms with Gasteiger partial charge in [-0.25, -0.2) is 0 Å². The number of anilines is 2. The quantitative estimate of drug-likeness (QED) is 0.751. The Morgan fingerprint density at radius 3 is 2.15 bits per heavy atom. The van der Waals surface area contributed by atoms with E-state index in [0.717, 1.165) is 12.8 Å². The zero-order valence-electron chi connectivity index (χ0n) is 14.9. The van der Waals surface area contributed by atoms with Gasteiger partial charge >= 0.3 is 5.97 Å². The maximum absolute atomic E-state index is 12.7. The molecule has 0 radical (unpaired) electrons. The highest BCUT2D eigenvalue weighted by molar-refractivity contribution is 6.10. The minimum Gasteiger partial charge on any atom is -0.481 e. The van der Waals surface area contributed by atoms with Crippen molar-refractivity contribution < 1.29 is 19.5 Å². The molecule has 2 amide bonds. The van der Waals surface area contributed by atoms with Gasteiger partial charge in [-0.15, -0.1) is 0 Å². The molecule has 1 fully saturated rings. The van der Waals surface area contributed by atoms with Crippen LogP contribution in [0, 0.1) is 11.8 Å². The van der Waals surface area contributed by atoms with Crippen molar-refractivity contribution in [2.45, 2.75) is 25.7 Å². The van der Waals surface area contributed by atoms with Crippen LogP contribution in [-0.4, -0.2) is 22.9 Å². The Morgan fingerprint density at radius 1 is 0.815 bits per heavy atom. The number of aliphatic carboxylic acids is 1. The smallest absolute Gasteiger partial charge is 0.307 e. The number of hydrogen-bond acceptors (Lipinski definition) is 3. The molecule has 1 aliphatic carbocycles. The summed E-state index contributed by atoms with van der Waals surface area (Å²) in [5, 5.41) is 14.9. The number of carbonyl (C=O) groups is 3. The predicted molar refractivity (Wildman–Crippen MR) is 103 cm³/mol. The maximum Gasteiger partial charge on any atom is 0.307 e. The summed E-state index contributed by atoms with van der Waals surface area (Å²) in [6, 6.07) is 15.8. The molecule has 140 valence electrons. The van der Waals surface area contributed by atoms with Crippen molar-refractivity contribution in [1.82, 2.24) is 0 Å². The lowest BCUT2D eigenvalue weighted by Gasteiger charge is -2.27. The number of benzene rings is 2. The third-order valence-electron chi connectivity index (χ3n) is 4.88. The first-order chi connectivity index (χ1) is 13.1. The Hall–Kier alpha value is -3.15. The molecule has 2 aromatic carbocycles. The molecule has 0 saturated heterocycles. The Balaban J connectivity index is 1.76. The fourth-order valence-corrected chi connectivity index (χ4v) is 3.48. The van der Waals surface area contributed by atoms with Crippen molar-refractivity contribution >= 4 is 29.2 Å². The van der Waals surface area contributed by atoms with Gasteiger partial charge in [-0.1, -0.05) is 43.2 Å². The molecule has 0 unspecified atom stereocenters. The predicted octanol–water partition coefficient (Wildman–Crippen LogP) is 3.77. The van der Waals surface area contributed by atoms with Crippen LogP contribution in [-0.2, 0) is 9.59 Å². The number of amides is 2. The van der Waals surface area contributed by atoms with E-state index in [9.17, 15) is 19.5 Å². The Bertz CT molecular complexity index is 835. The van der Waals surface area contributed by atoms with Crippen molar-refractivity contribution in [3.63, 3.8) is 0 Å². The Labute approximate surface area is 157 Å². The molecule has 0 spiro atoms. The lowest BCUT2D eigenvalue weighted by atomic mass is 9.78. The maximum atomic E-state index is 12.7. The van der Waals surface area contributed by atoms with Crippen LogP contribution in [0.15, 0.2) is 54.6 Å². The summed E-state index contributed by atoms with van der Waals surface area (Å²) in [7, 11) is 0. The van der Waals surface area contributed by atoms with E-state index < -0.39 is 17.8 Å². The molecular formula is C21H22N2O4. The zero-order valence-corrected chi connectivity index (χ0v) is 14.9. The first kappa shape index (κ1) is 18.6. The molecule has 6 nitrogen and oxygen atoms in total. The second kappa shape index (κ2) is 8.49. The highest BCUT2D eigenvalue weighted by Gasteiger charge is 2.36. The van der Waals surface area contributed by atoms with Crippen molar-refractivity contribution in [1.29, 1.82) is 0 Å². The summed E-state index contributed by atoms with van der Waals surface area (Å²) in [5.41, 5.74) is 1.37. The number of para-hydroxylation sites is 2. The van der Waals surface area contributed by atoms with Gasteiger partial charge in [0.2, 0.25) is 5.91 Å². The lowest BCUT2D eigenvalue weighted by molar-refractivity contribution is -0.147. The molecule has 27 heavy (non-hydrogen) atoms. The van der Waals surface area contributed by atoms with Gasteiger partial charge < -0.3 is 15.7 Å². The van der Waals surface area contributed by atoms with E-state index in [4.69, 9.17) is 0 Å². The summed E-state index contributed by atoms with van der Waals surface area (Å²) in [5.74, 6) is -2.88. The molecule has 3 N–H and O–H groups in total. The van der Waals surface area contributed by atoms with Crippen LogP contribution in [0.25, 0.3) is 0 Å². The van der Waals surface area contributed by atoms with Crippen LogP contribution < -0.4 is 10.6 Å². The van der Waals surface area contributed by atoms with Gasteiger partial charge in [-0.2, -0.15) is 0 Å². The summed E-state index contributed by atoms with van der Waals surface area (Å²) < 4.78 is 0. The van der Waals surface area contributed by atoms with E-state index in [1.54, 1.807) is 36.4 Å². The molecular weight excluding hydrogens is 344 g/mol. The van der Waals surface area contributed by atoms with Crippen LogP contribution in [0.2, 0.25) is 0 Å². The highest BCUT2D eigenvalue weighted by atomic mass is 16.4. The van der Waals surface area contributed by atoms with E-state index in [-0.39, 0.29) is 11.8 Å². The molecule has 3 rings (SSSR count). The van der Waals surface area contributed by atoms with Crippen molar-refractivity contribution in [2.75, 3.05) is 10.6 Å². The molecule has 6 heteroatoms. The van der Waals surface area contributed by atoms with Gasteiger partial charge in [0.05, 0.1) is 23.1 Å². The largest absolute Gasteiger partial charge is 0.481 e. The van der Waals surface area contributed by atoms with Gasteiger partial charge in [0.15, 0.2) is 0 Å². The molecule has 2 aromatic rings. The third kappa shape index (κ3) is 4.53. The summed E-state index contributed by atoms with van der Waals surface area (Å²) in [6.45, 7) is 0. The average molecular weight is 366 g/mol. The SMILES string of the molecule is O=C(Nc1ccccc1)c1ccccc1NC(=O)[C@@H]1CCCC[C@@H]1C(=O)O. The van der Waals surface area contributed by atoms with Gasteiger partial charge in [0, 0.05) is 5.69 Å². The monoisotopic (exact) mass is 366 g/mol. The summed E-state index contributed by atoms with van der Waals surface area (Å²) >= 11 is 0. The average Bonchev–Trinajstić information content (AvgIpc) is 2.69. The van der Waals surface area contributed by atoms with Crippen molar-refractivity contribution in [2.24, 2.45) is 11.8 Å². The van der Waals surface area contributed by atoms with E-state index in [0.29, 0.717) is 29.8 Å². The standard InChI is InChI=1S/C21H22N2O4/c24-19(15-10-4-5-11-16(15)21(26)27)23-18-13-7-6-12-17(18)20(25)22-14-8-2-1-3-9-14/h1-3,6-9,12-13,15-16H,4-5,10-11H2,(H,22,25)(H,23,24)(H,26,27)/t15-,16+/m1/s1. The molecule has 0 heterocycles. The zero-order chi connectivity index (χ0) is 19.2. The number of hydrogen-bond donors (Lipinski definition) is 3. The van der Waals surface area contributed by atoms with Gasteiger partial charge in [-0.05, 0) is 37.1 Å². The van der Waals surface area contributed by atoms with Crippen LogP contribution in [0.1, 0.15) is 36.0 Å². The lowest BCUT2D eigenvalue weighted by Crippen LogP contribution is -2.36. The number of rotatable bonds is 5. The molecule has 2 atom stereocenters. The molecule has 1 saturated carbocycles. The van der Waals surface area contributed by atoms with Crippen molar-refractivity contribution in [3.05, 3.63) is 60.2 Å². The Kier molecular flexibility index (Phi) is 5.86. The molecule has 0 bridgehead atoms. The number of carbonyl (C=O) groups excluding carboxylic acids is 2. The molecule has 1 aliphatic rings. The topological polar surface area (TPSA) is 95.5 Å². The van der Waals surface area contributed by atoms with E-state index >= 15 is 0 Å². The van der Waals surface area contributed by atoms with Gasteiger partial charge in [-0.3, -0.25) is 14.4 Å². The summed E-state index contributed by atoms with van der Waals surface area (Å²) in [6.07, 6.45) is 2.69. The molecule has 0 aromatic heterocycles. The number of nitrogens with one attached hydrogen (secondary N) is 2. The number of carboxylic acids is 1. The normalized spacial score (nSPS) is 19.1. The van der Waals surface area contributed by atoms with E-state index in [2.05, 4.69) is 10.6 Å². The summed E-state index contributed by atoms with van der Waals surface area (Å²) in [4.78, 5) is 36.8. The van der Waals surface area contributed by atoms with Gasteiger partial charge in [0.1, 0.15) is 0 Å². The second-order valence-electron chi connectivity index (χ2n) is 6.69. The Morgan fingerprint density at radius 2 is 1.44 bits per heavy atom. The fourth-order valence-electron chi connectivity index (χ4n) is 3.48. The first-order valence-electron chi connectivity index (χ1n) is 9.05. The highest BCUT2D eigenvalue weighted by Crippen LogP contribution is 2.31. The van der Waals surface area contributed by atoms with Crippen LogP contribution in [0.4, 0.5) is 11.4 Å². The third-order valence-corrected chi connectivity index (χ3v) is 4.88. The van der Waals surface area contributed by atoms with Crippen LogP contribution >= 0.6 is 0 Å². The molecule has 0 aliphatic heterocycles. The minimum atomic E-state index is -0.940. The van der Waals surface area contributed by atoms with Gasteiger partial charge in [0.25, 0.3) is 5.91 Å². The van der Waals surface area contributed by atoms with Crippen molar-refractivity contribution in [3.8, 4) is 0 Å². The van der Waals surface area contributed by atoms with E-state index in [1.165, 1.54) is 0 Å². The number of carboxylic acid groups (broad SMARTS) is 1. The minimum absolute atomic E-state index is 0.331.